The third kappa shape index (κ3) is 4.43. The summed E-state index contributed by atoms with van der Waals surface area (Å²) in [7, 11) is 3.37. The fraction of sp³-hybridized carbons (Fsp3) is 0.529. The maximum absolute atomic E-state index is 13.5. The molecule has 2 rings (SSSR count). The minimum Gasteiger partial charge on any atom is -0.349 e. The van der Waals surface area contributed by atoms with Crippen molar-refractivity contribution in [2.45, 2.75) is 25.8 Å². The van der Waals surface area contributed by atoms with E-state index in [1.807, 2.05) is 6.07 Å². The third-order valence-electron chi connectivity index (χ3n) is 4.12. The lowest BCUT2D eigenvalue weighted by Crippen LogP contribution is -2.41. The molecule has 1 fully saturated rings. The molecule has 1 saturated heterocycles. The summed E-state index contributed by atoms with van der Waals surface area (Å²) < 4.78 is 13.5. The molecule has 1 aliphatic rings. The molecule has 1 aliphatic heterocycles. The van der Waals surface area contributed by atoms with Crippen molar-refractivity contribution in [3.63, 3.8) is 0 Å². The van der Waals surface area contributed by atoms with Gasteiger partial charge in [0.15, 0.2) is 0 Å². The van der Waals surface area contributed by atoms with E-state index in [-0.39, 0.29) is 30.2 Å². The molecule has 0 aromatic heterocycles. The smallest absolute Gasteiger partial charge is 0.317 e. The van der Waals surface area contributed by atoms with Crippen LogP contribution in [0.15, 0.2) is 24.3 Å². The van der Waals surface area contributed by atoms with Crippen LogP contribution in [0, 0.1) is 11.7 Å². The van der Waals surface area contributed by atoms with Gasteiger partial charge in [-0.05, 0) is 30.0 Å². The van der Waals surface area contributed by atoms with Crippen molar-refractivity contribution in [3.05, 3.63) is 35.6 Å². The first-order valence-corrected chi connectivity index (χ1v) is 7.88. The highest BCUT2D eigenvalue weighted by Crippen LogP contribution is 2.35. The van der Waals surface area contributed by atoms with Gasteiger partial charge in [0.25, 0.3) is 0 Å². The van der Waals surface area contributed by atoms with E-state index in [2.05, 4.69) is 12.2 Å². The van der Waals surface area contributed by atoms with E-state index in [1.54, 1.807) is 25.1 Å². The van der Waals surface area contributed by atoms with Crippen molar-refractivity contribution in [1.82, 2.24) is 15.1 Å². The average molecular weight is 321 g/mol. The summed E-state index contributed by atoms with van der Waals surface area (Å²) in [5.41, 5.74) is 0.814. The highest BCUT2D eigenvalue weighted by Gasteiger charge is 2.34. The lowest BCUT2D eigenvalue weighted by Gasteiger charge is -2.25. The number of likely N-dealkylation sites (tertiary alicyclic amines) is 1. The summed E-state index contributed by atoms with van der Waals surface area (Å²) in [6.45, 7) is 3.01. The maximum Gasteiger partial charge on any atom is 0.317 e. The van der Waals surface area contributed by atoms with E-state index < -0.39 is 0 Å². The summed E-state index contributed by atoms with van der Waals surface area (Å²) >= 11 is 0. The molecule has 0 saturated carbocycles. The number of nitrogens with one attached hydrogen (secondary N) is 1. The van der Waals surface area contributed by atoms with Gasteiger partial charge in [-0.3, -0.25) is 4.79 Å². The molecule has 0 bridgehead atoms. The summed E-state index contributed by atoms with van der Waals surface area (Å²) in [5, 5.41) is 2.79. The molecule has 1 aromatic carbocycles. The quantitative estimate of drug-likeness (QED) is 0.926. The molecular weight excluding hydrogens is 297 g/mol. The molecule has 5 nitrogen and oxygen atoms in total. The molecule has 0 radical (unpaired) electrons. The normalized spacial score (nSPS) is 20.4. The van der Waals surface area contributed by atoms with Crippen LogP contribution < -0.4 is 5.32 Å². The number of benzene rings is 1. The number of halogens is 1. The van der Waals surface area contributed by atoms with Crippen LogP contribution in [0.5, 0.6) is 0 Å². The van der Waals surface area contributed by atoms with Gasteiger partial charge in [-0.15, -0.1) is 0 Å². The van der Waals surface area contributed by atoms with Crippen LogP contribution in [-0.2, 0) is 4.79 Å². The van der Waals surface area contributed by atoms with Gasteiger partial charge in [0.1, 0.15) is 5.82 Å². The second-order valence-corrected chi connectivity index (χ2v) is 6.33. The number of rotatable bonds is 4. The molecule has 3 amide bonds. The van der Waals surface area contributed by atoms with Gasteiger partial charge >= 0.3 is 6.03 Å². The lowest BCUT2D eigenvalue weighted by atomic mass is 10.0. The minimum absolute atomic E-state index is 0.0261. The Bertz CT molecular complexity index is 577. The Labute approximate surface area is 136 Å². The van der Waals surface area contributed by atoms with Crippen molar-refractivity contribution < 1.29 is 14.0 Å². The van der Waals surface area contributed by atoms with E-state index in [0.717, 1.165) is 12.0 Å². The monoisotopic (exact) mass is 321 g/mol. The Balaban J connectivity index is 1.99. The number of carbonyl (C=O) groups is 2. The van der Waals surface area contributed by atoms with Gasteiger partial charge in [0.2, 0.25) is 5.91 Å². The van der Waals surface area contributed by atoms with E-state index >= 15 is 0 Å². The highest BCUT2D eigenvalue weighted by molar-refractivity contribution is 5.78. The molecule has 0 aliphatic carbocycles. The summed E-state index contributed by atoms with van der Waals surface area (Å²) in [6, 6.07) is 6.08. The molecule has 2 atom stereocenters. The van der Waals surface area contributed by atoms with Gasteiger partial charge in [-0.1, -0.05) is 19.1 Å². The Morgan fingerprint density at radius 3 is 2.78 bits per heavy atom. The SMILES string of the molecule is C[C@H]1C[C@@H](c2cccc(F)c2)N(C(=O)NCCC(=O)N(C)C)C1. The molecule has 126 valence electrons. The van der Waals surface area contributed by atoms with Gasteiger partial charge < -0.3 is 15.1 Å². The molecule has 0 spiro atoms. The lowest BCUT2D eigenvalue weighted by molar-refractivity contribution is -0.128. The molecule has 0 unspecified atom stereocenters. The van der Waals surface area contributed by atoms with Crippen LogP contribution in [0.25, 0.3) is 0 Å². The van der Waals surface area contributed by atoms with Crippen molar-refractivity contribution in [2.24, 2.45) is 5.92 Å². The first-order chi connectivity index (χ1) is 10.9. The molecule has 1 heterocycles. The number of hydrogen-bond acceptors (Lipinski definition) is 2. The topological polar surface area (TPSA) is 52.7 Å². The van der Waals surface area contributed by atoms with Crippen molar-refractivity contribution in [3.8, 4) is 0 Å². The number of urea groups is 1. The molecular formula is C17H24FN3O2. The number of hydrogen-bond donors (Lipinski definition) is 1. The molecule has 23 heavy (non-hydrogen) atoms. The van der Waals surface area contributed by atoms with Crippen LogP contribution >= 0.6 is 0 Å². The third-order valence-corrected chi connectivity index (χ3v) is 4.12. The van der Waals surface area contributed by atoms with Crippen LogP contribution in [0.3, 0.4) is 0 Å². The Hall–Kier alpha value is -2.11. The largest absolute Gasteiger partial charge is 0.349 e. The van der Waals surface area contributed by atoms with E-state index in [9.17, 15) is 14.0 Å². The van der Waals surface area contributed by atoms with E-state index in [1.165, 1.54) is 17.0 Å². The predicted molar refractivity (Wildman–Crippen MR) is 86.3 cm³/mol. The number of nitrogens with zero attached hydrogens (tertiary/aromatic N) is 2. The zero-order valence-electron chi connectivity index (χ0n) is 13.9. The fourth-order valence-corrected chi connectivity index (χ4v) is 2.90. The maximum atomic E-state index is 13.5. The average Bonchev–Trinajstić information content (AvgIpc) is 2.89. The molecule has 6 heteroatoms. The number of amides is 3. The van der Waals surface area contributed by atoms with Crippen LogP contribution in [0.2, 0.25) is 0 Å². The van der Waals surface area contributed by atoms with Crippen molar-refractivity contribution >= 4 is 11.9 Å². The van der Waals surface area contributed by atoms with Crippen molar-refractivity contribution in [2.75, 3.05) is 27.2 Å². The van der Waals surface area contributed by atoms with Gasteiger partial charge in [-0.25, -0.2) is 9.18 Å². The second kappa shape index (κ2) is 7.44. The van der Waals surface area contributed by atoms with Crippen LogP contribution in [0.1, 0.15) is 31.4 Å². The van der Waals surface area contributed by atoms with Gasteiger partial charge in [0, 0.05) is 33.6 Å². The summed E-state index contributed by atoms with van der Waals surface area (Å²) in [5.74, 6) is 0.0400. The van der Waals surface area contributed by atoms with Crippen LogP contribution in [0.4, 0.5) is 9.18 Å². The standard InChI is InChI=1S/C17H24FN3O2/c1-12-9-15(13-5-4-6-14(18)10-13)21(11-12)17(23)19-8-7-16(22)20(2)3/h4-6,10,12,15H,7-9,11H2,1-3H3,(H,19,23)/t12-,15-/m0/s1. The summed E-state index contributed by atoms with van der Waals surface area (Å²) in [6.07, 6.45) is 1.08. The first-order valence-electron chi connectivity index (χ1n) is 7.88. The van der Waals surface area contributed by atoms with Crippen LogP contribution in [-0.4, -0.2) is 48.9 Å². The van der Waals surface area contributed by atoms with Gasteiger partial charge in [-0.2, -0.15) is 0 Å². The zero-order chi connectivity index (χ0) is 17.0. The minimum atomic E-state index is -0.293. The predicted octanol–water partition coefficient (Wildman–Crippen LogP) is 2.40. The Morgan fingerprint density at radius 1 is 1.39 bits per heavy atom. The zero-order valence-corrected chi connectivity index (χ0v) is 13.9. The molecule has 1 N–H and O–H groups in total. The summed E-state index contributed by atoms with van der Waals surface area (Å²) in [4.78, 5) is 27.2. The second-order valence-electron chi connectivity index (χ2n) is 6.33. The first kappa shape index (κ1) is 17.2. The van der Waals surface area contributed by atoms with Crippen molar-refractivity contribution in [1.29, 1.82) is 0 Å². The van der Waals surface area contributed by atoms with E-state index in [4.69, 9.17) is 0 Å². The van der Waals surface area contributed by atoms with Gasteiger partial charge in [0.05, 0.1) is 6.04 Å². The Morgan fingerprint density at radius 2 is 2.13 bits per heavy atom. The Kier molecular flexibility index (Phi) is 5.58. The highest BCUT2D eigenvalue weighted by atomic mass is 19.1. The van der Waals surface area contributed by atoms with E-state index in [0.29, 0.717) is 19.0 Å². The number of carbonyl (C=O) groups excluding carboxylic acids is 2. The fourth-order valence-electron chi connectivity index (χ4n) is 2.90. The molecule has 1 aromatic rings.